The molecule has 0 unspecified atom stereocenters. The Labute approximate surface area is 274 Å². The van der Waals surface area contributed by atoms with Crippen LogP contribution in [0.1, 0.15) is 57.9 Å². The molecule has 2 aromatic rings. The van der Waals surface area contributed by atoms with Gasteiger partial charge in [0.1, 0.15) is 42.4 Å². The van der Waals surface area contributed by atoms with Crippen molar-refractivity contribution in [3.05, 3.63) is 63.2 Å². The molecule has 13 nitrogen and oxygen atoms in total. The molecular weight excluding hydrogens is 626 g/mol. The van der Waals surface area contributed by atoms with Crippen LogP contribution >= 0.6 is 0 Å². The maximum absolute atomic E-state index is 14.4. The van der Waals surface area contributed by atoms with E-state index in [4.69, 9.17) is 28.4 Å². The van der Waals surface area contributed by atoms with Crippen molar-refractivity contribution < 1.29 is 58.1 Å². The maximum atomic E-state index is 14.4. The van der Waals surface area contributed by atoms with Crippen LogP contribution in [0.2, 0.25) is 0 Å². The third-order valence-electron chi connectivity index (χ3n) is 11.4. The van der Waals surface area contributed by atoms with Gasteiger partial charge in [-0.2, -0.15) is 0 Å². The highest BCUT2D eigenvalue weighted by atomic mass is 16.8. The number of fused-ring (bicyclic) bond motifs is 3. The molecule has 3 saturated heterocycles. The molecule has 0 saturated carbocycles. The van der Waals surface area contributed by atoms with E-state index in [0.717, 1.165) is 5.56 Å². The van der Waals surface area contributed by atoms with Gasteiger partial charge in [-0.25, -0.2) is 4.79 Å². The Morgan fingerprint density at radius 1 is 1.02 bits per heavy atom. The lowest BCUT2D eigenvalue weighted by molar-refractivity contribution is -0.281. The second-order valence-corrected chi connectivity index (χ2v) is 13.5. The first-order valence-electron chi connectivity index (χ1n) is 15.9. The molecule has 13 heteroatoms. The Balaban J connectivity index is 1.34. The van der Waals surface area contributed by atoms with E-state index in [1.54, 1.807) is 32.2 Å². The summed E-state index contributed by atoms with van der Waals surface area (Å²) in [6.07, 6.45) is -1.86. The number of carbonyl (C=O) groups excluding carboxylic acids is 3. The number of cyclic esters (lactones) is 2. The van der Waals surface area contributed by atoms with E-state index in [1.807, 2.05) is 19.1 Å². The summed E-state index contributed by atoms with van der Waals surface area (Å²) in [7, 11) is 3.11. The van der Waals surface area contributed by atoms with Gasteiger partial charge in [-0.15, -0.1) is 0 Å². The minimum Gasteiger partial charge on any atom is -0.496 e. The van der Waals surface area contributed by atoms with E-state index in [2.05, 4.69) is 5.32 Å². The zero-order valence-corrected chi connectivity index (χ0v) is 26.4. The molecule has 0 aromatic heterocycles. The van der Waals surface area contributed by atoms with Crippen LogP contribution in [0, 0.1) is 6.92 Å². The number of ether oxygens (including phenoxy) is 6. The molecule has 0 amide bonds. The number of likely N-dealkylation sites (N-methyl/N-ethyl adjacent to an activating group) is 1. The van der Waals surface area contributed by atoms with Crippen LogP contribution in [0.3, 0.4) is 0 Å². The zero-order chi connectivity index (χ0) is 33.6. The van der Waals surface area contributed by atoms with Gasteiger partial charge in [0.05, 0.1) is 25.2 Å². The average molecular weight is 660 g/mol. The summed E-state index contributed by atoms with van der Waals surface area (Å²) >= 11 is 0. The van der Waals surface area contributed by atoms with Crippen molar-refractivity contribution >= 4 is 30.1 Å². The van der Waals surface area contributed by atoms with Crippen LogP contribution in [0.25, 0.3) is 23.3 Å². The molecule has 3 aliphatic heterocycles. The SMILES string of the molecule is CN[C@H]1[C@@H](O[C@@H]2c3cc4c(c5c3[C@@H]3[C@H]2OC(=O)[C@@]32C(=O)C=Cc3c(C)cc(OC)c-5c32)[C@@](O)([C@H]2COC(=O)O2)C=C4)O[C@H](C)[C@H](O)[C@@H]1O. The fourth-order valence-electron chi connectivity index (χ4n) is 9.21. The normalized spacial score (nSPS) is 39.1. The molecule has 7 aliphatic rings. The molecule has 3 fully saturated rings. The van der Waals surface area contributed by atoms with Gasteiger partial charge in [0, 0.05) is 11.1 Å². The summed E-state index contributed by atoms with van der Waals surface area (Å²) < 4.78 is 35.4. The van der Waals surface area contributed by atoms with Crippen LogP contribution in [0.4, 0.5) is 4.79 Å². The highest BCUT2D eigenvalue weighted by Gasteiger charge is 2.73. The highest BCUT2D eigenvalue weighted by molar-refractivity contribution is 6.23. The van der Waals surface area contributed by atoms with Crippen molar-refractivity contribution in [2.24, 2.45) is 0 Å². The first-order valence-corrected chi connectivity index (χ1v) is 15.9. The highest BCUT2D eigenvalue weighted by Crippen LogP contribution is 2.69. The summed E-state index contributed by atoms with van der Waals surface area (Å²) in [6, 6.07) is 2.81. The summed E-state index contributed by atoms with van der Waals surface area (Å²) in [5.74, 6) is -1.66. The standard InChI is InChI=1S/C35H33NO12/c1-12-9-17(43-4)21-22-20-16(10-14-7-8-34(42,23(14)22)19-11-44-33(41)46-19)29(47-31-26(36-3)28(39)27(38)13(2)45-31)30-25(20)35(32(40)48-30)18(37)6-5-15(12)24(21)35/h5-10,13,19,25-31,36,38-39,42H,11H2,1-4H3/t13-,19-,25-,26-,27+,28-,29-,30-,31-,34+,35-/m1/s1. The Bertz CT molecular complexity index is 1920. The minimum atomic E-state index is -1.83. The number of rotatable bonds is 5. The number of aliphatic hydroxyl groups is 3. The van der Waals surface area contributed by atoms with E-state index in [-0.39, 0.29) is 6.61 Å². The lowest BCUT2D eigenvalue weighted by atomic mass is 9.56. The number of benzene rings is 2. The molecule has 0 bridgehead atoms. The second-order valence-electron chi connectivity index (χ2n) is 13.5. The van der Waals surface area contributed by atoms with Gasteiger partial charge in [-0.05, 0) is 84.1 Å². The molecule has 48 heavy (non-hydrogen) atoms. The number of methoxy groups -OCH3 is 1. The van der Waals surface area contributed by atoms with Crippen molar-refractivity contribution in [2.45, 2.75) is 79.7 Å². The smallest absolute Gasteiger partial charge is 0.496 e. The van der Waals surface area contributed by atoms with Crippen LogP contribution in [-0.2, 0) is 44.3 Å². The monoisotopic (exact) mass is 659 g/mol. The molecule has 1 spiro atoms. The lowest BCUT2D eigenvalue weighted by Crippen LogP contribution is -2.62. The number of carbonyl (C=O) groups is 3. The number of allylic oxidation sites excluding steroid dienone is 1. The number of hydrogen-bond acceptors (Lipinski definition) is 13. The van der Waals surface area contributed by atoms with Crippen molar-refractivity contribution in [2.75, 3.05) is 20.8 Å². The van der Waals surface area contributed by atoms with E-state index in [0.29, 0.717) is 50.3 Å². The van der Waals surface area contributed by atoms with Crippen LogP contribution in [0.15, 0.2) is 24.3 Å². The van der Waals surface area contributed by atoms with E-state index >= 15 is 0 Å². The Morgan fingerprint density at radius 3 is 2.52 bits per heavy atom. The molecule has 0 radical (unpaired) electrons. The second kappa shape index (κ2) is 9.74. The Kier molecular flexibility index (Phi) is 6.09. The number of ketones is 1. The first kappa shape index (κ1) is 30.0. The van der Waals surface area contributed by atoms with Gasteiger partial charge < -0.3 is 49.1 Å². The van der Waals surface area contributed by atoms with Gasteiger partial charge in [-0.1, -0.05) is 12.2 Å². The van der Waals surface area contributed by atoms with Gasteiger partial charge in [0.2, 0.25) is 0 Å². The molecular formula is C35H33NO12. The molecule has 9 rings (SSSR count). The van der Waals surface area contributed by atoms with Crippen molar-refractivity contribution in [3.63, 3.8) is 0 Å². The molecule has 3 heterocycles. The largest absolute Gasteiger partial charge is 0.508 e. The third kappa shape index (κ3) is 3.38. The van der Waals surface area contributed by atoms with Gasteiger partial charge in [0.25, 0.3) is 0 Å². The van der Waals surface area contributed by atoms with Gasteiger partial charge >= 0.3 is 12.1 Å². The van der Waals surface area contributed by atoms with Crippen LogP contribution in [-0.4, -0.2) is 96.8 Å². The van der Waals surface area contributed by atoms with E-state index < -0.39 is 83.8 Å². The van der Waals surface area contributed by atoms with Crippen molar-refractivity contribution in [3.8, 4) is 16.9 Å². The first-order chi connectivity index (χ1) is 23.0. The topological polar surface area (TPSA) is 179 Å². The lowest BCUT2D eigenvalue weighted by Gasteiger charge is -2.42. The Hall–Kier alpha value is -4.11. The van der Waals surface area contributed by atoms with Crippen LogP contribution in [0.5, 0.6) is 5.75 Å². The number of hydrogen-bond donors (Lipinski definition) is 4. The molecule has 4 N–H and O–H groups in total. The molecule has 250 valence electrons. The third-order valence-corrected chi connectivity index (χ3v) is 11.4. The summed E-state index contributed by atoms with van der Waals surface area (Å²) in [5, 5.41) is 36.9. The van der Waals surface area contributed by atoms with Crippen LogP contribution < -0.4 is 10.1 Å². The fraction of sp³-hybridized carbons (Fsp3) is 0.457. The van der Waals surface area contributed by atoms with Crippen molar-refractivity contribution in [1.29, 1.82) is 0 Å². The van der Waals surface area contributed by atoms with Gasteiger partial charge in [0.15, 0.2) is 23.6 Å². The predicted molar refractivity (Wildman–Crippen MR) is 164 cm³/mol. The average Bonchev–Trinajstić information content (AvgIpc) is 3.81. The molecule has 2 aromatic carbocycles. The number of aliphatic hydroxyl groups excluding tert-OH is 2. The zero-order valence-electron chi connectivity index (χ0n) is 26.4. The van der Waals surface area contributed by atoms with E-state index in [9.17, 15) is 29.7 Å². The summed E-state index contributed by atoms with van der Waals surface area (Å²) in [5.41, 5.74) is 1.42. The Morgan fingerprint density at radius 2 is 1.81 bits per heavy atom. The fourth-order valence-corrected chi connectivity index (χ4v) is 9.21. The quantitative estimate of drug-likeness (QED) is 0.268. The number of nitrogens with one attached hydrogen (secondary N) is 1. The summed E-state index contributed by atoms with van der Waals surface area (Å²) in [4.78, 5) is 40.8. The molecule has 4 aliphatic carbocycles. The minimum absolute atomic E-state index is 0.194. The van der Waals surface area contributed by atoms with Crippen molar-refractivity contribution in [1.82, 2.24) is 5.32 Å². The molecule has 11 atom stereocenters. The summed E-state index contributed by atoms with van der Waals surface area (Å²) in [6.45, 7) is 3.30. The van der Waals surface area contributed by atoms with Gasteiger partial charge in [-0.3, -0.25) is 9.59 Å². The van der Waals surface area contributed by atoms with E-state index in [1.165, 1.54) is 13.2 Å². The maximum Gasteiger partial charge on any atom is 0.508 e. The predicted octanol–water partition coefficient (Wildman–Crippen LogP) is 1.40. The number of aryl methyl sites for hydroxylation is 1. The number of esters is 1.